The van der Waals surface area contributed by atoms with Crippen LogP contribution in [-0.2, 0) is 0 Å². The molecule has 4 N–H and O–H groups in total. The lowest BCUT2D eigenvalue weighted by atomic mass is 9.92. The fourth-order valence-electron chi connectivity index (χ4n) is 4.54. The maximum Gasteiger partial charge on any atom is 0.212 e. The third-order valence-corrected chi connectivity index (χ3v) is 6.50. The Balaban J connectivity index is 1.90. The summed E-state index contributed by atoms with van der Waals surface area (Å²) in [5.41, 5.74) is 8.32. The number of nitrogens with zero attached hydrogens (tertiary/aromatic N) is 6. The van der Waals surface area contributed by atoms with Gasteiger partial charge in [0.15, 0.2) is 0 Å². The van der Waals surface area contributed by atoms with Crippen molar-refractivity contribution in [1.82, 2.24) is 31.3 Å². The highest BCUT2D eigenvalue weighted by Crippen LogP contribution is 2.31. The van der Waals surface area contributed by atoms with Gasteiger partial charge in [0.1, 0.15) is 0 Å². The molecule has 0 saturated carbocycles. The van der Waals surface area contributed by atoms with E-state index in [2.05, 4.69) is 142 Å². The van der Waals surface area contributed by atoms with Gasteiger partial charge in [0.2, 0.25) is 11.9 Å². The van der Waals surface area contributed by atoms with E-state index in [0.29, 0.717) is 11.9 Å². The van der Waals surface area contributed by atoms with E-state index in [-0.39, 0.29) is 0 Å². The van der Waals surface area contributed by atoms with E-state index in [0.717, 1.165) is 84.8 Å². The van der Waals surface area contributed by atoms with Gasteiger partial charge < -0.3 is 20.4 Å². The van der Waals surface area contributed by atoms with Crippen LogP contribution in [-0.4, -0.2) is 102 Å². The minimum Gasteiger partial charge on any atom is -0.355 e. The number of hydrogen-bond acceptors (Lipinski definition) is 6. The monoisotopic (exact) mass is 572 g/mol. The van der Waals surface area contributed by atoms with Crippen LogP contribution >= 0.6 is 0 Å². The van der Waals surface area contributed by atoms with E-state index in [1.807, 2.05) is 12.4 Å². The Morgan fingerprint density at radius 1 is 0.619 bits per heavy atom. The summed E-state index contributed by atoms with van der Waals surface area (Å²) in [4.78, 5) is 13.6. The Hall–Kier alpha value is -4.02. The molecule has 0 amide bonds. The zero-order chi connectivity index (χ0) is 30.2. The SMILES string of the molecule is CCNC(=NCCCN(C)C)NN=Cc1c2ccccc2c(C=NNC(=NCCCN(C)C)NCC)c2ccccc12. The molecule has 10 heteroatoms. The van der Waals surface area contributed by atoms with Gasteiger partial charge in [0.05, 0.1) is 12.4 Å². The molecule has 0 aromatic heterocycles. The molecule has 0 saturated heterocycles. The van der Waals surface area contributed by atoms with Crippen LogP contribution in [0.4, 0.5) is 0 Å². The summed E-state index contributed by atoms with van der Waals surface area (Å²) >= 11 is 0. The highest BCUT2D eigenvalue weighted by Gasteiger charge is 2.11. The Kier molecular flexibility index (Phi) is 13.7. The average molecular weight is 573 g/mol. The summed E-state index contributed by atoms with van der Waals surface area (Å²) in [6.07, 6.45) is 5.75. The van der Waals surface area contributed by atoms with Crippen molar-refractivity contribution in [2.24, 2.45) is 20.2 Å². The summed E-state index contributed by atoms with van der Waals surface area (Å²) in [7, 11) is 8.29. The minimum absolute atomic E-state index is 0.677. The highest BCUT2D eigenvalue weighted by atomic mass is 15.4. The molecule has 10 nitrogen and oxygen atoms in total. The van der Waals surface area contributed by atoms with Crippen molar-refractivity contribution in [2.75, 3.05) is 67.5 Å². The summed E-state index contributed by atoms with van der Waals surface area (Å²) < 4.78 is 0. The number of rotatable bonds is 14. The molecule has 0 radical (unpaired) electrons. The second-order valence-electron chi connectivity index (χ2n) is 10.5. The normalized spacial score (nSPS) is 12.9. The Morgan fingerprint density at radius 3 is 1.29 bits per heavy atom. The molecule has 226 valence electrons. The fourth-order valence-corrected chi connectivity index (χ4v) is 4.54. The molecule has 0 fully saturated rings. The maximum absolute atomic E-state index is 4.66. The standard InChI is InChI=1S/C32H48N10/c1-7-33-31(35-19-13-21-41(3)4)39-37-23-29-25-15-9-11-17-27(25)30(28-18-12-10-16-26(28)29)24-38-40-32(34-8-2)36-20-14-22-42(5)6/h9-12,15-18,23-24H,7-8,13-14,19-22H2,1-6H3,(H2,33,35,39)(H2,34,36,40). The van der Waals surface area contributed by atoms with Gasteiger partial charge in [-0.1, -0.05) is 48.5 Å². The number of hydrogen-bond donors (Lipinski definition) is 4. The van der Waals surface area contributed by atoms with Gasteiger partial charge in [-0.2, -0.15) is 10.2 Å². The third-order valence-electron chi connectivity index (χ3n) is 6.50. The maximum atomic E-state index is 4.66. The molecule has 3 aromatic carbocycles. The lowest BCUT2D eigenvalue weighted by Crippen LogP contribution is -2.34. The van der Waals surface area contributed by atoms with E-state index in [4.69, 9.17) is 0 Å². The molecule has 3 aromatic rings. The predicted molar refractivity (Wildman–Crippen MR) is 181 cm³/mol. The molecule has 0 heterocycles. The lowest BCUT2D eigenvalue weighted by molar-refractivity contribution is 0.403. The average Bonchev–Trinajstić information content (AvgIpc) is 2.98. The fraction of sp³-hybridized carbons (Fsp3) is 0.438. The number of benzene rings is 3. The quantitative estimate of drug-likeness (QED) is 0.0773. The first kappa shape index (κ1) is 32.5. The van der Waals surface area contributed by atoms with E-state index in [1.54, 1.807) is 0 Å². The van der Waals surface area contributed by atoms with Crippen LogP contribution in [0.1, 0.15) is 37.8 Å². The molecule has 42 heavy (non-hydrogen) atoms. The minimum atomic E-state index is 0.677. The van der Waals surface area contributed by atoms with Crippen LogP contribution in [0.5, 0.6) is 0 Å². The Morgan fingerprint density at radius 2 is 0.976 bits per heavy atom. The van der Waals surface area contributed by atoms with Gasteiger partial charge in [0, 0.05) is 37.3 Å². The molecule has 0 aliphatic heterocycles. The van der Waals surface area contributed by atoms with Crippen molar-refractivity contribution in [3.05, 3.63) is 59.7 Å². The molecule has 0 unspecified atom stereocenters. The number of fused-ring (bicyclic) bond motifs is 2. The summed E-state index contributed by atoms with van der Waals surface area (Å²) in [6, 6.07) is 16.7. The summed E-state index contributed by atoms with van der Waals surface area (Å²) in [6.45, 7) is 9.08. The molecule has 0 aliphatic carbocycles. The van der Waals surface area contributed by atoms with Gasteiger partial charge in [0.25, 0.3) is 0 Å². The summed E-state index contributed by atoms with van der Waals surface area (Å²) in [5.74, 6) is 1.35. The second-order valence-corrected chi connectivity index (χ2v) is 10.5. The largest absolute Gasteiger partial charge is 0.355 e. The molecule has 0 spiro atoms. The van der Waals surface area contributed by atoms with Gasteiger partial charge >= 0.3 is 0 Å². The van der Waals surface area contributed by atoms with Gasteiger partial charge in [-0.25, -0.2) is 10.9 Å². The molecule has 0 atom stereocenters. The van der Waals surface area contributed by atoms with E-state index in [1.165, 1.54) is 0 Å². The number of aliphatic imine (C=N–C) groups is 2. The van der Waals surface area contributed by atoms with Gasteiger partial charge in [-0.05, 0) is 89.5 Å². The molecular weight excluding hydrogens is 524 g/mol. The topological polar surface area (TPSA) is 104 Å². The second kappa shape index (κ2) is 17.7. The third kappa shape index (κ3) is 10.1. The molecule has 3 rings (SSSR count). The van der Waals surface area contributed by atoms with E-state index >= 15 is 0 Å². The lowest BCUT2D eigenvalue weighted by Gasteiger charge is -2.13. The van der Waals surface area contributed by atoms with Crippen LogP contribution in [0.15, 0.2) is 68.7 Å². The molecular formula is C32H48N10. The van der Waals surface area contributed by atoms with Crippen molar-refractivity contribution in [1.29, 1.82) is 0 Å². The van der Waals surface area contributed by atoms with Crippen molar-refractivity contribution in [3.8, 4) is 0 Å². The Labute approximate surface area is 251 Å². The van der Waals surface area contributed by atoms with Crippen LogP contribution in [0, 0.1) is 0 Å². The summed E-state index contributed by atoms with van der Waals surface area (Å²) in [5, 5.41) is 20.1. The van der Waals surface area contributed by atoms with Crippen LogP contribution < -0.4 is 21.5 Å². The van der Waals surface area contributed by atoms with Gasteiger partial charge in [-0.15, -0.1) is 0 Å². The Bertz CT molecular complexity index is 1210. The van der Waals surface area contributed by atoms with E-state index in [9.17, 15) is 0 Å². The molecule has 0 bridgehead atoms. The van der Waals surface area contributed by atoms with Crippen molar-refractivity contribution in [2.45, 2.75) is 26.7 Å². The van der Waals surface area contributed by atoms with Crippen LogP contribution in [0.2, 0.25) is 0 Å². The van der Waals surface area contributed by atoms with Crippen molar-refractivity contribution >= 4 is 45.9 Å². The van der Waals surface area contributed by atoms with E-state index < -0.39 is 0 Å². The number of guanidine groups is 2. The van der Waals surface area contributed by atoms with Gasteiger partial charge in [-0.3, -0.25) is 9.98 Å². The first-order valence-corrected chi connectivity index (χ1v) is 14.8. The zero-order valence-electron chi connectivity index (χ0n) is 26.1. The molecule has 0 aliphatic rings. The first-order chi connectivity index (χ1) is 20.4. The highest BCUT2D eigenvalue weighted by molar-refractivity contribution is 6.21. The number of hydrazone groups is 2. The number of nitrogens with one attached hydrogen (secondary N) is 4. The predicted octanol–water partition coefficient (Wildman–Crippen LogP) is 3.67. The van der Waals surface area contributed by atoms with Crippen LogP contribution in [0.25, 0.3) is 21.5 Å². The van der Waals surface area contributed by atoms with Crippen molar-refractivity contribution < 1.29 is 0 Å². The van der Waals surface area contributed by atoms with Crippen LogP contribution in [0.3, 0.4) is 0 Å². The zero-order valence-corrected chi connectivity index (χ0v) is 26.1. The first-order valence-electron chi connectivity index (χ1n) is 14.8. The van der Waals surface area contributed by atoms with Crippen molar-refractivity contribution in [3.63, 3.8) is 0 Å². The smallest absolute Gasteiger partial charge is 0.212 e.